The minimum atomic E-state index is -2.34. The number of alkyl halides is 2. The summed E-state index contributed by atoms with van der Waals surface area (Å²) in [6.07, 6.45) is 2.83. The van der Waals surface area contributed by atoms with Crippen LogP contribution < -0.4 is 5.32 Å². The molecule has 1 rings (SSSR count). The number of unbranched alkanes of at least 4 members (excludes halogenated alkanes) is 1. The summed E-state index contributed by atoms with van der Waals surface area (Å²) in [5.41, 5.74) is 0. The van der Waals surface area contributed by atoms with Gasteiger partial charge in [-0.2, -0.15) is 0 Å². The molecular weight excluding hydrogens is 188 g/mol. The lowest BCUT2D eigenvalue weighted by Crippen LogP contribution is -2.12. The zero-order valence-corrected chi connectivity index (χ0v) is 8.21. The highest BCUT2D eigenvalue weighted by Crippen LogP contribution is 2.07. The Morgan fingerprint density at radius 2 is 2.36 bits per heavy atom. The minimum absolute atomic E-state index is 0.297. The van der Waals surface area contributed by atoms with E-state index < -0.39 is 6.43 Å². The Balaban J connectivity index is 2.45. The predicted octanol–water partition coefficient (Wildman–Crippen LogP) is 2.36. The molecule has 0 aromatic carbocycles. The second kappa shape index (κ2) is 5.57. The van der Waals surface area contributed by atoms with E-state index in [4.69, 9.17) is 0 Å². The van der Waals surface area contributed by atoms with Gasteiger partial charge in [-0.25, -0.2) is 13.8 Å². The Morgan fingerprint density at radius 1 is 1.57 bits per heavy atom. The number of rotatable bonds is 6. The Hall–Kier alpha value is -1.13. The normalized spacial score (nSPS) is 10.9. The number of imidazole rings is 1. The number of hydrogen-bond donors (Lipinski definition) is 1. The van der Waals surface area contributed by atoms with Gasteiger partial charge in [0.05, 0.1) is 6.54 Å². The molecule has 0 radical (unpaired) electrons. The second-order valence-electron chi connectivity index (χ2n) is 3.07. The fourth-order valence-corrected chi connectivity index (χ4v) is 1.15. The van der Waals surface area contributed by atoms with E-state index in [1.807, 2.05) is 0 Å². The van der Waals surface area contributed by atoms with Crippen molar-refractivity contribution in [2.24, 2.45) is 0 Å². The molecule has 0 amide bonds. The van der Waals surface area contributed by atoms with Crippen LogP contribution in [-0.2, 0) is 6.54 Å². The number of nitrogens with zero attached hydrogens (tertiary/aromatic N) is 2. The average molecular weight is 203 g/mol. The number of aromatic nitrogens is 2. The van der Waals surface area contributed by atoms with E-state index in [0.717, 1.165) is 19.4 Å². The van der Waals surface area contributed by atoms with E-state index in [2.05, 4.69) is 17.2 Å². The third-order valence-corrected chi connectivity index (χ3v) is 1.86. The van der Waals surface area contributed by atoms with Crippen molar-refractivity contribution in [1.29, 1.82) is 0 Å². The van der Waals surface area contributed by atoms with Gasteiger partial charge in [0.25, 0.3) is 6.43 Å². The molecular formula is C9H15F2N3. The van der Waals surface area contributed by atoms with E-state index in [1.54, 1.807) is 6.20 Å². The highest BCUT2D eigenvalue weighted by Gasteiger charge is 2.07. The number of halogens is 2. The van der Waals surface area contributed by atoms with Crippen LogP contribution in [0.2, 0.25) is 0 Å². The first-order valence-electron chi connectivity index (χ1n) is 4.77. The third kappa shape index (κ3) is 3.32. The maximum atomic E-state index is 12.1. The van der Waals surface area contributed by atoms with Crippen molar-refractivity contribution in [1.82, 2.24) is 9.55 Å². The van der Waals surface area contributed by atoms with Crippen molar-refractivity contribution in [2.75, 3.05) is 11.9 Å². The van der Waals surface area contributed by atoms with Crippen molar-refractivity contribution in [3.63, 3.8) is 0 Å². The molecule has 1 aromatic heterocycles. The van der Waals surface area contributed by atoms with Crippen molar-refractivity contribution >= 4 is 5.95 Å². The van der Waals surface area contributed by atoms with Crippen molar-refractivity contribution < 1.29 is 8.78 Å². The molecule has 80 valence electrons. The molecule has 3 nitrogen and oxygen atoms in total. The molecule has 0 spiro atoms. The summed E-state index contributed by atoms with van der Waals surface area (Å²) in [4.78, 5) is 3.96. The lowest BCUT2D eigenvalue weighted by molar-refractivity contribution is 0.127. The zero-order valence-electron chi connectivity index (χ0n) is 8.21. The summed E-state index contributed by atoms with van der Waals surface area (Å²) in [7, 11) is 0. The lowest BCUT2D eigenvalue weighted by atomic mass is 10.3. The first-order valence-corrected chi connectivity index (χ1v) is 4.77. The quantitative estimate of drug-likeness (QED) is 0.719. The maximum absolute atomic E-state index is 12.1. The number of anilines is 1. The van der Waals surface area contributed by atoms with Gasteiger partial charge >= 0.3 is 0 Å². The standard InChI is InChI=1S/C9H15F2N3/c1-2-3-4-12-9-13-5-6-14(9)7-8(10)11/h5-6,8H,2-4,7H2,1H3,(H,12,13). The molecule has 1 heterocycles. The molecule has 0 bridgehead atoms. The van der Waals surface area contributed by atoms with Crippen LogP contribution in [0.4, 0.5) is 14.7 Å². The minimum Gasteiger partial charge on any atom is -0.356 e. The van der Waals surface area contributed by atoms with Crippen LogP contribution in [0.5, 0.6) is 0 Å². The van der Waals surface area contributed by atoms with E-state index in [9.17, 15) is 8.78 Å². The highest BCUT2D eigenvalue weighted by atomic mass is 19.3. The summed E-state index contributed by atoms with van der Waals surface area (Å²) in [5, 5.41) is 3.02. The van der Waals surface area contributed by atoms with E-state index >= 15 is 0 Å². The largest absolute Gasteiger partial charge is 0.356 e. The monoisotopic (exact) mass is 203 g/mol. The summed E-state index contributed by atoms with van der Waals surface area (Å²) in [5.74, 6) is 0.527. The molecule has 0 aliphatic carbocycles. The van der Waals surface area contributed by atoms with Crippen LogP contribution in [0.1, 0.15) is 19.8 Å². The summed E-state index contributed by atoms with van der Waals surface area (Å²) in [6.45, 7) is 2.55. The molecule has 0 atom stereocenters. The predicted molar refractivity (Wildman–Crippen MR) is 51.6 cm³/mol. The molecule has 0 unspecified atom stereocenters. The van der Waals surface area contributed by atoms with Crippen LogP contribution >= 0.6 is 0 Å². The molecule has 14 heavy (non-hydrogen) atoms. The Kier molecular flexibility index (Phi) is 4.35. The molecule has 0 aliphatic rings. The fraction of sp³-hybridized carbons (Fsp3) is 0.667. The SMILES string of the molecule is CCCCNc1nccn1CC(F)F. The maximum Gasteiger partial charge on any atom is 0.256 e. The van der Waals surface area contributed by atoms with Crippen LogP contribution in [0.15, 0.2) is 12.4 Å². The average Bonchev–Trinajstić information content (AvgIpc) is 2.52. The zero-order chi connectivity index (χ0) is 10.4. The first kappa shape index (κ1) is 10.9. The van der Waals surface area contributed by atoms with E-state index in [1.165, 1.54) is 10.8 Å². The van der Waals surface area contributed by atoms with E-state index in [-0.39, 0.29) is 6.54 Å². The van der Waals surface area contributed by atoms with Gasteiger partial charge in [-0.05, 0) is 6.42 Å². The second-order valence-corrected chi connectivity index (χ2v) is 3.07. The van der Waals surface area contributed by atoms with Gasteiger partial charge in [0, 0.05) is 18.9 Å². The molecule has 0 aliphatic heterocycles. The van der Waals surface area contributed by atoms with Gasteiger partial charge in [-0.1, -0.05) is 13.3 Å². The Morgan fingerprint density at radius 3 is 3.00 bits per heavy atom. The van der Waals surface area contributed by atoms with Gasteiger partial charge in [0.2, 0.25) is 5.95 Å². The van der Waals surface area contributed by atoms with E-state index in [0.29, 0.717) is 5.95 Å². The van der Waals surface area contributed by atoms with Crippen LogP contribution in [0, 0.1) is 0 Å². The number of nitrogens with one attached hydrogen (secondary N) is 1. The topological polar surface area (TPSA) is 29.9 Å². The van der Waals surface area contributed by atoms with Gasteiger partial charge in [-0.15, -0.1) is 0 Å². The molecule has 1 aromatic rings. The van der Waals surface area contributed by atoms with Crippen molar-refractivity contribution in [3.8, 4) is 0 Å². The Labute approximate surface area is 82.1 Å². The summed E-state index contributed by atoms with van der Waals surface area (Å²) in [6, 6.07) is 0. The lowest BCUT2D eigenvalue weighted by Gasteiger charge is -2.08. The van der Waals surface area contributed by atoms with Crippen LogP contribution in [0.25, 0.3) is 0 Å². The molecule has 5 heteroatoms. The van der Waals surface area contributed by atoms with Crippen molar-refractivity contribution in [2.45, 2.75) is 32.7 Å². The summed E-state index contributed by atoms with van der Waals surface area (Å²) >= 11 is 0. The smallest absolute Gasteiger partial charge is 0.256 e. The highest BCUT2D eigenvalue weighted by molar-refractivity contribution is 5.25. The van der Waals surface area contributed by atoms with Crippen LogP contribution in [-0.4, -0.2) is 22.5 Å². The molecule has 1 N–H and O–H groups in total. The first-order chi connectivity index (χ1) is 6.74. The number of hydrogen-bond acceptors (Lipinski definition) is 2. The molecule has 0 fully saturated rings. The van der Waals surface area contributed by atoms with Crippen molar-refractivity contribution in [3.05, 3.63) is 12.4 Å². The summed E-state index contributed by atoms with van der Waals surface area (Å²) < 4.78 is 25.6. The van der Waals surface area contributed by atoms with Gasteiger partial charge in [0.1, 0.15) is 0 Å². The Bertz CT molecular complexity index is 260. The molecule has 0 saturated heterocycles. The fourth-order valence-electron chi connectivity index (χ4n) is 1.15. The van der Waals surface area contributed by atoms with Crippen LogP contribution in [0.3, 0.4) is 0 Å². The van der Waals surface area contributed by atoms with Gasteiger partial charge in [-0.3, -0.25) is 0 Å². The third-order valence-electron chi connectivity index (χ3n) is 1.86. The molecule has 0 saturated carbocycles. The van der Waals surface area contributed by atoms with Gasteiger partial charge in [0.15, 0.2) is 0 Å². The van der Waals surface area contributed by atoms with Gasteiger partial charge < -0.3 is 9.88 Å².